The summed E-state index contributed by atoms with van der Waals surface area (Å²) in [5, 5.41) is 3.63. The number of primary amides is 1. The molecule has 0 saturated heterocycles. The van der Waals surface area contributed by atoms with E-state index in [2.05, 4.69) is 34.5 Å². The van der Waals surface area contributed by atoms with Gasteiger partial charge in [-0.2, -0.15) is 0 Å². The van der Waals surface area contributed by atoms with Crippen LogP contribution in [-0.4, -0.2) is 31.7 Å². The Bertz CT molecular complexity index is 955. The molecule has 32 heavy (non-hydrogen) atoms. The number of fused-ring (bicyclic) bond motifs is 1. The van der Waals surface area contributed by atoms with Crippen LogP contribution >= 0.6 is 0 Å². The first-order valence-corrected chi connectivity index (χ1v) is 12.3. The van der Waals surface area contributed by atoms with Crippen LogP contribution in [0.25, 0.3) is 0 Å². The van der Waals surface area contributed by atoms with Crippen molar-refractivity contribution in [1.82, 2.24) is 0 Å². The molecule has 0 spiro atoms. The number of rotatable bonds is 4. The zero-order chi connectivity index (χ0) is 21.7. The number of urea groups is 1. The van der Waals surface area contributed by atoms with Gasteiger partial charge in [0.1, 0.15) is 0 Å². The lowest BCUT2D eigenvalue weighted by molar-refractivity contribution is -0.0477. The van der Waals surface area contributed by atoms with Gasteiger partial charge in [0.2, 0.25) is 0 Å². The van der Waals surface area contributed by atoms with E-state index in [1.165, 1.54) is 44.2 Å². The van der Waals surface area contributed by atoms with Crippen LogP contribution in [-0.2, 0) is 0 Å². The van der Waals surface area contributed by atoms with Crippen molar-refractivity contribution in [3.05, 3.63) is 54.6 Å². The van der Waals surface area contributed by atoms with Crippen molar-refractivity contribution >= 4 is 23.1 Å². The molecule has 1 aliphatic heterocycles. The van der Waals surface area contributed by atoms with E-state index < -0.39 is 0 Å². The summed E-state index contributed by atoms with van der Waals surface area (Å²) in [6, 6.07) is 18.1. The van der Waals surface area contributed by atoms with Gasteiger partial charge in [-0.3, -0.25) is 4.90 Å². The zero-order valence-corrected chi connectivity index (χ0v) is 18.7. The number of nitrogens with zero attached hydrogens (tertiary/aromatic N) is 2. The van der Waals surface area contributed by atoms with Crippen LogP contribution in [0.3, 0.4) is 0 Å². The molecular weight excluding hydrogens is 396 g/mol. The van der Waals surface area contributed by atoms with Gasteiger partial charge >= 0.3 is 6.03 Å². The van der Waals surface area contributed by atoms with Crippen molar-refractivity contribution in [3.8, 4) is 0 Å². The highest BCUT2D eigenvalue weighted by atomic mass is 16.2. The van der Waals surface area contributed by atoms with E-state index in [4.69, 9.17) is 5.73 Å². The second kappa shape index (κ2) is 7.72. The Morgan fingerprint density at radius 1 is 0.969 bits per heavy atom. The molecule has 4 bridgehead atoms. The van der Waals surface area contributed by atoms with Crippen LogP contribution in [0.15, 0.2) is 54.6 Å². The molecule has 5 heteroatoms. The van der Waals surface area contributed by atoms with Crippen molar-refractivity contribution in [2.45, 2.75) is 44.6 Å². The largest absolute Gasteiger partial charge is 0.381 e. The third-order valence-corrected chi connectivity index (χ3v) is 8.53. The monoisotopic (exact) mass is 430 g/mol. The fourth-order valence-electron chi connectivity index (χ4n) is 7.86. The lowest BCUT2D eigenvalue weighted by atomic mass is 9.49. The maximum Gasteiger partial charge on any atom is 0.319 e. The third-order valence-electron chi connectivity index (χ3n) is 8.53. The molecule has 2 aromatic carbocycles. The maximum atomic E-state index is 12.6. The van der Waals surface area contributed by atoms with Crippen molar-refractivity contribution in [3.63, 3.8) is 0 Å². The summed E-state index contributed by atoms with van der Waals surface area (Å²) in [7, 11) is 0. The molecule has 7 rings (SSSR count). The van der Waals surface area contributed by atoms with Crippen LogP contribution in [0, 0.1) is 23.2 Å². The summed E-state index contributed by atoms with van der Waals surface area (Å²) >= 11 is 0. The number of amides is 2. The number of hydrogen-bond donors (Lipinski definition) is 2. The number of nitrogens with one attached hydrogen (secondary N) is 1. The first-order chi connectivity index (χ1) is 15.6. The van der Waals surface area contributed by atoms with Crippen LogP contribution in [0.4, 0.5) is 21.9 Å². The summed E-state index contributed by atoms with van der Waals surface area (Å²) < 4.78 is 0. The smallest absolute Gasteiger partial charge is 0.319 e. The van der Waals surface area contributed by atoms with Gasteiger partial charge in [0.25, 0.3) is 0 Å². The van der Waals surface area contributed by atoms with Crippen LogP contribution in [0.2, 0.25) is 0 Å². The Hall–Kier alpha value is -2.69. The molecule has 168 valence electrons. The topological polar surface area (TPSA) is 61.6 Å². The molecule has 1 heterocycles. The molecule has 1 atom stereocenters. The second-order valence-electron chi connectivity index (χ2n) is 10.9. The summed E-state index contributed by atoms with van der Waals surface area (Å²) in [5.41, 5.74) is 9.66. The summed E-state index contributed by atoms with van der Waals surface area (Å²) in [5.74, 6) is 2.80. The number of para-hydroxylation sites is 3. The van der Waals surface area contributed by atoms with Crippen molar-refractivity contribution in [1.29, 1.82) is 0 Å². The second-order valence-corrected chi connectivity index (χ2v) is 10.9. The number of anilines is 3. The predicted molar refractivity (Wildman–Crippen MR) is 130 cm³/mol. The van der Waals surface area contributed by atoms with Crippen LogP contribution in [0.1, 0.15) is 38.5 Å². The van der Waals surface area contributed by atoms with E-state index in [1.54, 1.807) is 4.90 Å². The molecule has 0 aromatic heterocycles. The first kappa shape index (κ1) is 20.0. The van der Waals surface area contributed by atoms with Gasteiger partial charge in [0.05, 0.1) is 17.4 Å². The number of nitrogens with two attached hydrogens (primary N) is 1. The molecule has 2 amide bonds. The van der Waals surface area contributed by atoms with Gasteiger partial charge in [-0.1, -0.05) is 30.3 Å². The average molecular weight is 431 g/mol. The SMILES string of the molecule is NC(=O)N(c1ccccc1)C1CNc2ccccc2N(CC23CC4CC(CC(C4)C2)C3)C1. The minimum atomic E-state index is -0.385. The normalized spacial score (nSPS) is 32.7. The number of hydrogen-bond acceptors (Lipinski definition) is 3. The van der Waals surface area contributed by atoms with Gasteiger partial charge in [-0.05, 0) is 86.0 Å². The molecule has 5 nitrogen and oxygen atoms in total. The molecule has 4 saturated carbocycles. The predicted octanol–water partition coefficient (Wildman–Crippen LogP) is 5.09. The standard InChI is InChI=1S/C27H34N4O/c28-26(32)31(22-6-2-1-3-7-22)23-16-29-24-8-4-5-9-25(24)30(17-23)18-27-13-19-10-20(14-27)12-21(11-19)15-27/h1-9,19-21,23,29H,10-18H2,(H2,28,32). The zero-order valence-electron chi connectivity index (χ0n) is 18.7. The van der Waals surface area contributed by atoms with Gasteiger partial charge in [-0.15, -0.1) is 0 Å². The number of benzene rings is 2. The van der Waals surface area contributed by atoms with E-state index in [-0.39, 0.29) is 12.1 Å². The van der Waals surface area contributed by atoms with E-state index in [0.717, 1.165) is 42.2 Å². The molecule has 0 radical (unpaired) electrons. The van der Waals surface area contributed by atoms with Gasteiger partial charge in [-0.25, -0.2) is 4.79 Å². The molecular formula is C27H34N4O. The Kier molecular flexibility index (Phi) is 4.81. The Labute approximate surface area is 191 Å². The Balaban J connectivity index is 1.33. The highest BCUT2D eigenvalue weighted by molar-refractivity contribution is 5.91. The highest BCUT2D eigenvalue weighted by Crippen LogP contribution is 2.60. The molecule has 3 N–H and O–H groups in total. The first-order valence-electron chi connectivity index (χ1n) is 12.3. The summed E-state index contributed by atoms with van der Waals surface area (Å²) in [4.78, 5) is 17.0. The maximum absolute atomic E-state index is 12.6. The number of carbonyl (C=O) groups excluding carboxylic acids is 1. The lowest BCUT2D eigenvalue weighted by Gasteiger charge is -2.58. The minimum Gasteiger partial charge on any atom is -0.381 e. The van der Waals surface area contributed by atoms with E-state index in [0.29, 0.717) is 12.0 Å². The summed E-state index contributed by atoms with van der Waals surface area (Å²) in [6.45, 7) is 2.57. The van der Waals surface area contributed by atoms with Gasteiger partial charge in [0.15, 0.2) is 0 Å². The average Bonchev–Trinajstić information content (AvgIpc) is 2.93. The molecule has 4 fully saturated rings. The van der Waals surface area contributed by atoms with Crippen molar-refractivity contribution in [2.75, 3.05) is 34.8 Å². The fraction of sp³-hybridized carbons (Fsp3) is 0.519. The summed E-state index contributed by atoms with van der Waals surface area (Å²) in [6.07, 6.45) is 8.53. The Morgan fingerprint density at radius 3 is 2.25 bits per heavy atom. The van der Waals surface area contributed by atoms with Gasteiger partial charge < -0.3 is 16.0 Å². The van der Waals surface area contributed by atoms with Crippen molar-refractivity contribution in [2.24, 2.45) is 28.9 Å². The van der Waals surface area contributed by atoms with Crippen LogP contribution in [0.5, 0.6) is 0 Å². The molecule has 5 aliphatic rings. The fourth-order valence-corrected chi connectivity index (χ4v) is 7.86. The Morgan fingerprint density at radius 2 is 1.59 bits per heavy atom. The van der Waals surface area contributed by atoms with Crippen LogP contribution < -0.4 is 20.9 Å². The number of carbonyl (C=O) groups is 1. The quantitative estimate of drug-likeness (QED) is 0.710. The highest BCUT2D eigenvalue weighted by Gasteiger charge is 2.51. The van der Waals surface area contributed by atoms with E-state index in [9.17, 15) is 4.79 Å². The third kappa shape index (κ3) is 3.52. The lowest BCUT2D eigenvalue weighted by Crippen LogP contribution is -2.55. The molecule has 1 unspecified atom stereocenters. The van der Waals surface area contributed by atoms with Crippen molar-refractivity contribution < 1.29 is 4.79 Å². The molecule has 4 aliphatic carbocycles. The minimum absolute atomic E-state index is 0.0313. The van der Waals surface area contributed by atoms with E-state index >= 15 is 0 Å². The molecule has 2 aromatic rings. The van der Waals surface area contributed by atoms with E-state index in [1.807, 2.05) is 30.3 Å². The van der Waals surface area contributed by atoms with Gasteiger partial charge in [0, 0.05) is 25.3 Å².